The molecular weight excluding hydrogens is 687 g/mol. The molecule has 3 aliphatic rings. The predicted molar refractivity (Wildman–Crippen MR) is 152 cm³/mol. The number of esters is 1. The van der Waals surface area contributed by atoms with Crippen molar-refractivity contribution in [2.24, 2.45) is 5.41 Å². The van der Waals surface area contributed by atoms with Gasteiger partial charge in [0.2, 0.25) is 0 Å². The van der Waals surface area contributed by atoms with Gasteiger partial charge in [0.05, 0.1) is 78.1 Å². The van der Waals surface area contributed by atoms with Crippen LogP contribution in [-0.4, -0.2) is 121 Å². The molecule has 3 aliphatic heterocycles. The van der Waals surface area contributed by atoms with Gasteiger partial charge in [-0.1, -0.05) is 17.7 Å². The Bertz CT molecular complexity index is 1090. The molecule has 0 aliphatic carbocycles. The van der Waals surface area contributed by atoms with Crippen molar-refractivity contribution in [3.05, 3.63) is 61.2 Å². The maximum absolute atomic E-state index is 12.3. The highest BCUT2D eigenvalue weighted by Gasteiger charge is 2.36. The number of carbonyl (C=O) groups excluding carboxylic acids is 1. The second-order valence-electron chi connectivity index (χ2n) is 11.4. The number of aliphatic hydroxyl groups excluding tert-OH is 1. The first kappa shape index (κ1) is 33.5. The van der Waals surface area contributed by atoms with Crippen LogP contribution in [0.2, 0.25) is 0 Å². The number of hydrogen-bond acceptors (Lipinski definition) is 11. The molecule has 2 aromatic rings. The Morgan fingerprint density at radius 1 is 0.795 bits per heavy atom. The normalized spacial score (nSPS) is 22.2. The van der Waals surface area contributed by atoms with Gasteiger partial charge in [-0.2, -0.15) is 0 Å². The molecule has 0 bridgehead atoms. The second-order valence-corrected chi connectivity index (χ2v) is 14.4. The Balaban J connectivity index is 1.01. The van der Waals surface area contributed by atoms with E-state index in [4.69, 9.17) is 42.6 Å². The molecule has 4 unspecified atom stereocenters. The van der Waals surface area contributed by atoms with Crippen LogP contribution in [0.15, 0.2) is 48.5 Å². The SMILES string of the molecule is Cc1ccc([I+]c2ccc(OCC(=O)OCC(O)COCC(COCC3CO3)(COCC3CO3)COCC3CO3)cc2)cc1. The van der Waals surface area contributed by atoms with E-state index >= 15 is 0 Å². The van der Waals surface area contributed by atoms with Crippen molar-refractivity contribution in [2.75, 3.05) is 85.9 Å². The molecule has 3 saturated heterocycles. The largest absolute Gasteiger partial charge is 0.482 e. The van der Waals surface area contributed by atoms with E-state index in [0.29, 0.717) is 65.2 Å². The first-order chi connectivity index (χ1) is 21.4. The van der Waals surface area contributed by atoms with Gasteiger partial charge in [0.1, 0.15) is 36.8 Å². The van der Waals surface area contributed by atoms with Crippen LogP contribution in [0.3, 0.4) is 0 Å². The Labute approximate surface area is 268 Å². The first-order valence-corrected chi connectivity index (χ1v) is 17.0. The van der Waals surface area contributed by atoms with Crippen LogP contribution < -0.4 is 25.9 Å². The van der Waals surface area contributed by atoms with E-state index in [9.17, 15) is 9.90 Å². The van der Waals surface area contributed by atoms with Gasteiger partial charge in [-0.3, -0.25) is 0 Å². The number of epoxide rings is 3. The molecule has 0 aromatic heterocycles. The summed E-state index contributed by atoms with van der Waals surface area (Å²) in [6.45, 7) is 6.35. The molecule has 0 saturated carbocycles. The third-order valence-electron chi connectivity index (χ3n) is 6.90. The van der Waals surface area contributed by atoms with E-state index in [1.165, 1.54) is 12.7 Å². The average molecular weight is 730 g/mol. The molecule has 1 N–H and O–H groups in total. The number of benzene rings is 2. The highest BCUT2D eigenvalue weighted by atomic mass is 127. The van der Waals surface area contributed by atoms with Gasteiger partial charge in [-0.25, -0.2) is 4.79 Å². The van der Waals surface area contributed by atoms with E-state index in [0.717, 1.165) is 0 Å². The molecule has 5 rings (SSSR count). The summed E-state index contributed by atoms with van der Waals surface area (Å²) >= 11 is -0.280. The number of ether oxygens (including phenoxy) is 9. The molecule has 4 atom stereocenters. The highest BCUT2D eigenvalue weighted by molar-refractivity contribution is 5.71. The lowest BCUT2D eigenvalue weighted by Gasteiger charge is -2.33. The van der Waals surface area contributed by atoms with Crippen LogP contribution in [0, 0.1) is 19.5 Å². The van der Waals surface area contributed by atoms with Crippen LogP contribution in [0.4, 0.5) is 0 Å². The minimum Gasteiger partial charge on any atom is -0.482 e. The van der Waals surface area contributed by atoms with Gasteiger partial charge in [-0.15, -0.1) is 0 Å². The third kappa shape index (κ3) is 12.9. The molecule has 3 heterocycles. The topological polar surface area (TPSA) is 130 Å². The minimum absolute atomic E-state index is 0.0371. The van der Waals surface area contributed by atoms with E-state index < -0.39 is 17.5 Å². The zero-order chi connectivity index (χ0) is 30.6. The van der Waals surface area contributed by atoms with Gasteiger partial charge in [-0.05, 0) is 43.3 Å². The van der Waals surface area contributed by atoms with Crippen LogP contribution in [0.25, 0.3) is 0 Å². The van der Waals surface area contributed by atoms with Crippen molar-refractivity contribution in [3.63, 3.8) is 0 Å². The zero-order valence-corrected chi connectivity index (χ0v) is 27.2. The quantitative estimate of drug-likeness (QED) is 0.0829. The summed E-state index contributed by atoms with van der Waals surface area (Å²) in [6.07, 6.45) is -0.634. The third-order valence-corrected chi connectivity index (χ3v) is 9.58. The van der Waals surface area contributed by atoms with E-state index in [-0.39, 0.29) is 65.9 Å². The fourth-order valence-corrected chi connectivity index (χ4v) is 6.27. The Hall–Kier alpha value is -1.88. The maximum Gasteiger partial charge on any atom is 0.357 e. The van der Waals surface area contributed by atoms with Crippen LogP contribution >= 0.6 is 0 Å². The van der Waals surface area contributed by atoms with Crippen LogP contribution in [-0.2, 0) is 42.7 Å². The lowest BCUT2D eigenvalue weighted by Crippen LogP contribution is -3.61. The smallest absolute Gasteiger partial charge is 0.357 e. The number of rotatable bonds is 23. The molecule has 3 fully saturated rings. The molecule has 2 aromatic carbocycles. The van der Waals surface area contributed by atoms with Crippen molar-refractivity contribution in [1.29, 1.82) is 0 Å². The number of hydrogen-bond donors (Lipinski definition) is 1. The maximum atomic E-state index is 12.3. The van der Waals surface area contributed by atoms with Crippen molar-refractivity contribution in [2.45, 2.75) is 31.3 Å². The molecule has 11 nitrogen and oxygen atoms in total. The van der Waals surface area contributed by atoms with E-state index in [2.05, 4.69) is 31.2 Å². The summed E-state index contributed by atoms with van der Waals surface area (Å²) in [5.74, 6) is 0.0110. The van der Waals surface area contributed by atoms with Crippen molar-refractivity contribution in [1.82, 2.24) is 0 Å². The lowest BCUT2D eigenvalue weighted by atomic mass is 9.92. The van der Waals surface area contributed by atoms with E-state index in [1.54, 1.807) is 0 Å². The lowest BCUT2D eigenvalue weighted by molar-refractivity contribution is -0.597. The standard InChI is InChI=1S/C32H42IO11/c1-23-2-4-24(5-3-23)33-25-6-8-27(9-7-25)43-18-31(35)44-11-26(34)10-36-19-32(20-37-12-28-15-40-28,21-38-13-29-16-41-29)22-39-14-30-17-42-30/h2-9,26,28-30,34H,10-22H2,1H3/q+1. The predicted octanol–water partition coefficient (Wildman–Crippen LogP) is -1.34. The Kier molecular flexibility index (Phi) is 13.1. The molecule has 0 amide bonds. The molecule has 0 radical (unpaired) electrons. The summed E-state index contributed by atoms with van der Waals surface area (Å²) in [4.78, 5) is 12.3. The van der Waals surface area contributed by atoms with Gasteiger partial charge in [0.25, 0.3) is 0 Å². The number of aryl methyl sites for hydroxylation is 1. The number of carbonyl (C=O) groups is 1. The van der Waals surface area contributed by atoms with Gasteiger partial charge >= 0.3 is 27.2 Å². The minimum atomic E-state index is -1.01. The molecule has 44 heavy (non-hydrogen) atoms. The summed E-state index contributed by atoms with van der Waals surface area (Å²) in [5, 5.41) is 10.4. The molecule has 0 spiro atoms. The summed E-state index contributed by atoms with van der Waals surface area (Å²) in [5.41, 5.74) is 0.637. The average Bonchev–Trinajstić information content (AvgIpc) is 3.85. The Morgan fingerprint density at radius 2 is 1.27 bits per heavy atom. The molecule has 12 heteroatoms. The molecule has 242 valence electrons. The highest BCUT2D eigenvalue weighted by Crippen LogP contribution is 2.24. The number of aliphatic hydroxyl groups is 1. The Morgan fingerprint density at radius 3 is 1.77 bits per heavy atom. The zero-order valence-electron chi connectivity index (χ0n) is 25.0. The van der Waals surface area contributed by atoms with Crippen molar-refractivity contribution < 1.29 is 73.7 Å². The van der Waals surface area contributed by atoms with Crippen LogP contribution in [0.5, 0.6) is 5.75 Å². The van der Waals surface area contributed by atoms with Gasteiger partial charge in [0, 0.05) is 0 Å². The fourth-order valence-electron chi connectivity index (χ4n) is 4.11. The summed E-state index contributed by atoms with van der Waals surface area (Å²) < 4.78 is 52.9. The van der Waals surface area contributed by atoms with Gasteiger partial charge in [0.15, 0.2) is 13.7 Å². The number of halogens is 1. The summed E-state index contributed by atoms with van der Waals surface area (Å²) in [7, 11) is 0. The van der Waals surface area contributed by atoms with Crippen molar-refractivity contribution in [3.8, 4) is 5.75 Å². The van der Waals surface area contributed by atoms with E-state index in [1.807, 2.05) is 24.3 Å². The second kappa shape index (κ2) is 17.2. The van der Waals surface area contributed by atoms with Crippen LogP contribution in [0.1, 0.15) is 5.56 Å². The fraction of sp³-hybridized carbons (Fsp3) is 0.594. The first-order valence-electron chi connectivity index (χ1n) is 14.9. The summed E-state index contributed by atoms with van der Waals surface area (Å²) in [6, 6.07) is 16.3. The van der Waals surface area contributed by atoms with Gasteiger partial charge < -0.3 is 47.7 Å². The van der Waals surface area contributed by atoms with Crippen molar-refractivity contribution >= 4 is 5.97 Å². The molecular formula is C32H42IO11+. The monoisotopic (exact) mass is 729 g/mol.